The van der Waals surface area contributed by atoms with Gasteiger partial charge in [-0.05, 0) is 54.7 Å². The van der Waals surface area contributed by atoms with Gasteiger partial charge in [-0.3, -0.25) is 4.79 Å². The second kappa shape index (κ2) is 8.41. The van der Waals surface area contributed by atoms with Gasteiger partial charge in [-0.15, -0.1) is 0 Å². The monoisotopic (exact) mass is 377 g/mol. The second-order valence-corrected chi connectivity index (χ2v) is 6.74. The number of hydrogen-bond donors (Lipinski definition) is 1. The molecule has 0 bridgehead atoms. The summed E-state index contributed by atoms with van der Waals surface area (Å²) in [5, 5.41) is 3.28. The molecule has 0 heterocycles. The Labute approximate surface area is 157 Å². The van der Waals surface area contributed by atoms with Gasteiger partial charge in [0.15, 0.2) is 0 Å². The van der Waals surface area contributed by atoms with Crippen LogP contribution in [0, 0.1) is 11.7 Å². The fraction of sp³-hybridized carbons (Fsp3) is 0.350. The third-order valence-corrected chi connectivity index (χ3v) is 4.66. The minimum atomic E-state index is -0.424. The van der Waals surface area contributed by atoms with Gasteiger partial charge in [-0.2, -0.15) is 0 Å². The molecule has 0 radical (unpaired) electrons. The standard InChI is InChI=1S/C20H21ClFNO3/c1-25-16-7-4-14(5-8-16)20(13-2-3-13)23-19(24)10-11-26-18-9-6-15(22)12-17(18)21/h4-9,12-13,20H,2-3,10-11H2,1H3,(H,23,24). The summed E-state index contributed by atoms with van der Waals surface area (Å²) in [6.07, 6.45) is 2.42. The van der Waals surface area contributed by atoms with Crippen LogP contribution in [-0.4, -0.2) is 19.6 Å². The molecule has 1 aliphatic rings. The van der Waals surface area contributed by atoms with Gasteiger partial charge in [0.1, 0.15) is 17.3 Å². The molecule has 1 fully saturated rings. The fourth-order valence-electron chi connectivity index (χ4n) is 2.81. The number of carbonyl (C=O) groups is 1. The Morgan fingerprint density at radius 2 is 2.00 bits per heavy atom. The lowest BCUT2D eigenvalue weighted by Gasteiger charge is -2.19. The lowest BCUT2D eigenvalue weighted by Crippen LogP contribution is -2.30. The van der Waals surface area contributed by atoms with E-state index in [1.54, 1.807) is 7.11 Å². The average molecular weight is 378 g/mol. The predicted molar refractivity (Wildman–Crippen MR) is 98.1 cm³/mol. The molecular weight excluding hydrogens is 357 g/mol. The molecule has 3 rings (SSSR count). The van der Waals surface area contributed by atoms with Crippen molar-refractivity contribution in [2.75, 3.05) is 13.7 Å². The van der Waals surface area contributed by atoms with E-state index in [1.165, 1.54) is 18.2 Å². The zero-order valence-electron chi connectivity index (χ0n) is 14.5. The quantitative estimate of drug-likeness (QED) is 0.735. The predicted octanol–water partition coefficient (Wildman–Crippen LogP) is 4.52. The number of ether oxygens (including phenoxy) is 2. The molecule has 1 atom stereocenters. The van der Waals surface area contributed by atoms with Gasteiger partial charge in [-0.1, -0.05) is 23.7 Å². The zero-order valence-corrected chi connectivity index (χ0v) is 15.3. The summed E-state index contributed by atoms with van der Waals surface area (Å²) in [6, 6.07) is 11.7. The molecule has 1 N–H and O–H groups in total. The number of hydrogen-bond acceptors (Lipinski definition) is 3. The van der Waals surface area contributed by atoms with E-state index in [-0.39, 0.29) is 30.0 Å². The van der Waals surface area contributed by atoms with E-state index in [0.29, 0.717) is 11.7 Å². The molecule has 1 unspecified atom stereocenters. The highest BCUT2D eigenvalue weighted by atomic mass is 35.5. The highest BCUT2D eigenvalue weighted by molar-refractivity contribution is 6.32. The van der Waals surface area contributed by atoms with Crippen LogP contribution in [-0.2, 0) is 4.79 Å². The first-order valence-corrected chi connectivity index (χ1v) is 8.96. The molecule has 26 heavy (non-hydrogen) atoms. The molecule has 0 saturated heterocycles. The zero-order chi connectivity index (χ0) is 18.5. The van der Waals surface area contributed by atoms with E-state index >= 15 is 0 Å². The van der Waals surface area contributed by atoms with Crippen LogP contribution in [0.4, 0.5) is 4.39 Å². The van der Waals surface area contributed by atoms with Crippen molar-refractivity contribution in [1.29, 1.82) is 0 Å². The summed E-state index contributed by atoms with van der Waals surface area (Å²) >= 11 is 5.91. The van der Waals surface area contributed by atoms with Crippen molar-refractivity contribution < 1.29 is 18.7 Å². The highest BCUT2D eigenvalue weighted by Crippen LogP contribution is 2.41. The number of carbonyl (C=O) groups excluding carboxylic acids is 1. The normalized spacial score (nSPS) is 14.6. The lowest BCUT2D eigenvalue weighted by atomic mass is 10.0. The molecule has 0 aliphatic heterocycles. The van der Waals surface area contributed by atoms with Crippen molar-refractivity contribution in [3.05, 3.63) is 58.9 Å². The van der Waals surface area contributed by atoms with Gasteiger partial charge in [0, 0.05) is 0 Å². The van der Waals surface area contributed by atoms with E-state index in [2.05, 4.69) is 5.32 Å². The van der Waals surface area contributed by atoms with Crippen molar-refractivity contribution in [3.8, 4) is 11.5 Å². The third-order valence-electron chi connectivity index (χ3n) is 4.37. The summed E-state index contributed by atoms with van der Waals surface area (Å²) in [5.41, 5.74) is 1.07. The fourth-order valence-corrected chi connectivity index (χ4v) is 3.03. The Bertz CT molecular complexity index is 762. The molecule has 0 spiro atoms. The Morgan fingerprint density at radius 3 is 2.62 bits per heavy atom. The van der Waals surface area contributed by atoms with E-state index < -0.39 is 5.82 Å². The molecule has 2 aromatic carbocycles. The summed E-state index contributed by atoms with van der Waals surface area (Å²) in [5.74, 6) is 1.12. The summed E-state index contributed by atoms with van der Waals surface area (Å²) in [6.45, 7) is 0.178. The molecule has 1 aliphatic carbocycles. The van der Waals surface area contributed by atoms with Crippen molar-refractivity contribution in [2.24, 2.45) is 5.92 Å². The van der Waals surface area contributed by atoms with Crippen LogP contribution < -0.4 is 14.8 Å². The van der Waals surface area contributed by atoms with Gasteiger partial charge in [0.05, 0.1) is 31.2 Å². The van der Waals surface area contributed by atoms with Crippen molar-refractivity contribution in [3.63, 3.8) is 0 Å². The van der Waals surface area contributed by atoms with Crippen molar-refractivity contribution >= 4 is 17.5 Å². The summed E-state index contributed by atoms with van der Waals surface area (Å²) < 4.78 is 23.7. The molecule has 4 nitrogen and oxygen atoms in total. The average Bonchev–Trinajstić information content (AvgIpc) is 3.47. The maximum absolute atomic E-state index is 13.0. The van der Waals surface area contributed by atoms with Crippen LogP contribution >= 0.6 is 11.6 Å². The van der Waals surface area contributed by atoms with Gasteiger partial charge in [-0.25, -0.2) is 4.39 Å². The van der Waals surface area contributed by atoms with Crippen LogP contribution in [0.1, 0.15) is 30.9 Å². The molecule has 1 amide bonds. The molecular formula is C20H21ClFNO3. The van der Waals surface area contributed by atoms with Crippen LogP contribution in [0.5, 0.6) is 11.5 Å². The Morgan fingerprint density at radius 1 is 1.27 bits per heavy atom. The van der Waals surface area contributed by atoms with E-state index in [0.717, 1.165) is 24.2 Å². The van der Waals surface area contributed by atoms with Crippen LogP contribution in [0.15, 0.2) is 42.5 Å². The second-order valence-electron chi connectivity index (χ2n) is 6.33. The Kier molecular flexibility index (Phi) is 5.99. The molecule has 6 heteroatoms. The smallest absolute Gasteiger partial charge is 0.223 e. The van der Waals surface area contributed by atoms with Crippen molar-refractivity contribution in [2.45, 2.75) is 25.3 Å². The Hall–Kier alpha value is -2.27. The van der Waals surface area contributed by atoms with Crippen LogP contribution in [0.2, 0.25) is 5.02 Å². The summed E-state index contributed by atoms with van der Waals surface area (Å²) in [7, 11) is 1.63. The number of nitrogens with one attached hydrogen (secondary N) is 1. The lowest BCUT2D eigenvalue weighted by molar-refractivity contribution is -0.122. The highest BCUT2D eigenvalue weighted by Gasteiger charge is 2.33. The maximum Gasteiger partial charge on any atom is 0.223 e. The van der Waals surface area contributed by atoms with Crippen LogP contribution in [0.25, 0.3) is 0 Å². The molecule has 1 saturated carbocycles. The maximum atomic E-state index is 13.0. The molecule has 138 valence electrons. The minimum absolute atomic E-state index is 0.00261. The topological polar surface area (TPSA) is 47.6 Å². The minimum Gasteiger partial charge on any atom is -0.497 e. The number of halogens is 2. The van der Waals surface area contributed by atoms with Gasteiger partial charge in [0.2, 0.25) is 5.91 Å². The number of rotatable bonds is 8. The van der Waals surface area contributed by atoms with E-state index in [1.807, 2.05) is 24.3 Å². The van der Waals surface area contributed by atoms with Gasteiger partial charge >= 0.3 is 0 Å². The van der Waals surface area contributed by atoms with Crippen molar-refractivity contribution in [1.82, 2.24) is 5.32 Å². The Balaban J connectivity index is 1.53. The van der Waals surface area contributed by atoms with Crippen LogP contribution in [0.3, 0.4) is 0 Å². The number of methoxy groups -OCH3 is 1. The summed E-state index contributed by atoms with van der Waals surface area (Å²) in [4.78, 5) is 12.3. The SMILES string of the molecule is COc1ccc(C(NC(=O)CCOc2ccc(F)cc2Cl)C2CC2)cc1. The first kappa shape index (κ1) is 18.5. The largest absolute Gasteiger partial charge is 0.497 e. The van der Waals surface area contributed by atoms with Gasteiger partial charge < -0.3 is 14.8 Å². The number of amides is 1. The first-order chi connectivity index (χ1) is 12.6. The first-order valence-electron chi connectivity index (χ1n) is 8.58. The third kappa shape index (κ3) is 4.88. The molecule has 0 aromatic heterocycles. The van der Waals surface area contributed by atoms with E-state index in [9.17, 15) is 9.18 Å². The molecule has 2 aromatic rings. The number of benzene rings is 2. The van der Waals surface area contributed by atoms with E-state index in [4.69, 9.17) is 21.1 Å². The van der Waals surface area contributed by atoms with Gasteiger partial charge in [0.25, 0.3) is 0 Å².